The average molecular weight is 344 g/mol. The Morgan fingerprint density at radius 3 is 2.75 bits per heavy atom. The first-order valence-electron chi connectivity index (χ1n) is 8.35. The number of thiophene rings is 1. The van der Waals surface area contributed by atoms with Crippen LogP contribution in [0.5, 0.6) is 0 Å². The van der Waals surface area contributed by atoms with Crippen LogP contribution in [0.4, 0.5) is 4.79 Å². The maximum atomic E-state index is 12.3. The number of carbonyl (C=O) groups excluding carboxylic acids is 1. The van der Waals surface area contributed by atoms with E-state index in [1.807, 2.05) is 30.0 Å². The van der Waals surface area contributed by atoms with Crippen molar-refractivity contribution >= 4 is 17.4 Å². The third-order valence-electron chi connectivity index (χ3n) is 4.54. The van der Waals surface area contributed by atoms with Gasteiger partial charge in [0.25, 0.3) is 0 Å². The highest BCUT2D eigenvalue weighted by molar-refractivity contribution is 7.07. The summed E-state index contributed by atoms with van der Waals surface area (Å²) in [4.78, 5) is 21.1. The van der Waals surface area contributed by atoms with E-state index in [1.54, 1.807) is 11.3 Å². The number of nitrogens with zero attached hydrogens (tertiary/aromatic N) is 3. The van der Waals surface area contributed by atoms with Gasteiger partial charge >= 0.3 is 6.03 Å². The Balaban J connectivity index is 1.46. The second kappa shape index (κ2) is 7.77. The number of carbonyl (C=O) groups is 1. The Morgan fingerprint density at radius 1 is 1.29 bits per heavy atom. The van der Waals surface area contributed by atoms with Crippen LogP contribution in [0.3, 0.4) is 0 Å². The Kier molecular flexibility index (Phi) is 5.48. The molecule has 1 aliphatic heterocycles. The van der Waals surface area contributed by atoms with Crippen molar-refractivity contribution in [1.29, 1.82) is 0 Å². The zero-order chi connectivity index (χ0) is 16.9. The molecule has 128 valence electrons. The second-order valence-corrected chi connectivity index (χ2v) is 6.96. The van der Waals surface area contributed by atoms with Gasteiger partial charge in [-0.25, -0.2) is 4.79 Å². The number of pyridine rings is 1. The summed E-state index contributed by atoms with van der Waals surface area (Å²) >= 11 is 1.74. The van der Waals surface area contributed by atoms with Crippen molar-refractivity contribution in [3.63, 3.8) is 0 Å². The van der Waals surface area contributed by atoms with Crippen LogP contribution in [0.1, 0.15) is 29.9 Å². The second-order valence-electron chi connectivity index (χ2n) is 6.18. The zero-order valence-electron chi connectivity index (χ0n) is 14.2. The summed E-state index contributed by atoms with van der Waals surface area (Å²) in [6, 6.07) is 8.46. The summed E-state index contributed by atoms with van der Waals surface area (Å²) in [6.45, 7) is 8.02. The van der Waals surface area contributed by atoms with E-state index in [9.17, 15) is 4.79 Å². The molecule has 1 fully saturated rings. The number of urea groups is 1. The Hall–Kier alpha value is -1.92. The van der Waals surface area contributed by atoms with E-state index < -0.39 is 0 Å². The van der Waals surface area contributed by atoms with Gasteiger partial charge in [0.1, 0.15) is 0 Å². The first kappa shape index (κ1) is 16.9. The molecule has 2 aromatic heterocycles. The summed E-state index contributed by atoms with van der Waals surface area (Å²) in [5.74, 6) is 0. The SMILES string of the molecule is Cc1cccc(CNC(=O)N2CCN([C@H](C)c3ccsc3)CC2)n1. The van der Waals surface area contributed by atoms with Crippen LogP contribution < -0.4 is 5.32 Å². The third-order valence-corrected chi connectivity index (χ3v) is 5.24. The fourth-order valence-corrected chi connectivity index (χ4v) is 3.76. The molecule has 3 heterocycles. The maximum absolute atomic E-state index is 12.3. The Labute approximate surface area is 147 Å². The normalized spacial score (nSPS) is 16.8. The lowest BCUT2D eigenvalue weighted by Crippen LogP contribution is -2.52. The summed E-state index contributed by atoms with van der Waals surface area (Å²) in [5, 5.41) is 7.30. The van der Waals surface area contributed by atoms with Gasteiger partial charge in [-0.15, -0.1) is 0 Å². The zero-order valence-corrected chi connectivity index (χ0v) is 15.1. The van der Waals surface area contributed by atoms with Crippen LogP contribution >= 0.6 is 11.3 Å². The van der Waals surface area contributed by atoms with E-state index in [0.29, 0.717) is 12.6 Å². The monoisotopic (exact) mass is 344 g/mol. The van der Waals surface area contributed by atoms with Crippen molar-refractivity contribution in [2.24, 2.45) is 0 Å². The number of hydrogen-bond acceptors (Lipinski definition) is 4. The van der Waals surface area contributed by atoms with Crippen LogP contribution in [0, 0.1) is 6.92 Å². The third kappa shape index (κ3) is 4.13. The Bertz CT molecular complexity index is 665. The molecule has 2 aromatic rings. The summed E-state index contributed by atoms with van der Waals surface area (Å²) in [6.07, 6.45) is 0. The van der Waals surface area contributed by atoms with Crippen molar-refractivity contribution in [3.05, 3.63) is 52.0 Å². The standard InChI is InChI=1S/C18H24N4OS/c1-14-4-3-5-17(20-14)12-19-18(23)22-9-7-21(8-10-22)15(2)16-6-11-24-13-16/h3-6,11,13,15H,7-10,12H2,1-2H3,(H,19,23)/t15-/m1/s1. The number of aromatic nitrogens is 1. The van der Waals surface area contributed by atoms with Gasteiger partial charge in [0.05, 0.1) is 12.2 Å². The van der Waals surface area contributed by atoms with Crippen molar-refractivity contribution in [2.75, 3.05) is 26.2 Å². The molecule has 0 aliphatic carbocycles. The molecule has 0 unspecified atom stereocenters. The van der Waals surface area contributed by atoms with E-state index >= 15 is 0 Å². The molecule has 1 saturated heterocycles. The van der Waals surface area contributed by atoms with Gasteiger partial charge < -0.3 is 10.2 Å². The highest BCUT2D eigenvalue weighted by Crippen LogP contribution is 2.23. The molecular weight excluding hydrogens is 320 g/mol. The molecule has 0 spiro atoms. The lowest BCUT2D eigenvalue weighted by molar-refractivity contribution is 0.114. The van der Waals surface area contributed by atoms with E-state index in [-0.39, 0.29) is 6.03 Å². The number of rotatable bonds is 4. The lowest BCUT2D eigenvalue weighted by Gasteiger charge is -2.37. The largest absolute Gasteiger partial charge is 0.332 e. The van der Waals surface area contributed by atoms with Gasteiger partial charge in [0.2, 0.25) is 0 Å². The van der Waals surface area contributed by atoms with E-state index in [4.69, 9.17) is 0 Å². The van der Waals surface area contributed by atoms with Crippen molar-refractivity contribution in [2.45, 2.75) is 26.4 Å². The topological polar surface area (TPSA) is 48.5 Å². The van der Waals surface area contributed by atoms with Crippen LogP contribution in [0.15, 0.2) is 35.0 Å². The molecule has 5 nitrogen and oxygen atoms in total. The highest BCUT2D eigenvalue weighted by Gasteiger charge is 2.24. The fraction of sp³-hybridized carbons (Fsp3) is 0.444. The predicted molar refractivity (Wildman–Crippen MR) is 97.1 cm³/mol. The molecular formula is C18H24N4OS. The van der Waals surface area contributed by atoms with Crippen LogP contribution in [-0.2, 0) is 6.54 Å². The quantitative estimate of drug-likeness (QED) is 0.927. The highest BCUT2D eigenvalue weighted by atomic mass is 32.1. The first-order chi connectivity index (χ1) is 11.6. The number of hydrogen-bond donors (Lipinski definition) is 1. The van der Waals surface area contributed by atoms with E-state index in [0.717, 1.165) is 37.6 Å². The van der Waals surface area contributed by atoms with Gasteiger partial charge in [-0.1, -0.05) is 6.07 Å². The number of piperazine rings is 1. The molecule has 0 bridgehead atoms. The van der Waals surface area contributed by atoms with E-state index in [2.05, 4.69) is 39.0 Å². The van der Waals surface area contributed by atoms with E-state index in [1.165, 1.54) is 5.56 Å². The summed E-state index contributed by atoms with van der Waals surface area (Å²) in [7, 11) is 0. The number of nitrogens with one attached hydrogen (secondary N) is 1. The van der Waals surface area contributed by atoms with Gasteiger partial charge in [0, 0.05) is 37.9 Å². The van der Waals surface area contributed by atoms with Crippen LogP contribution in [-0.4, -0.2) is 47.0 Å². The van der Waals surface area contributed by atoms with Gasteiger partial charge in [-0.05, 0) is 48.4 Å². The molecule has 6 heteroatoms. The fourth-order valence-electron chi connectivity index (χ4n) is 3.01. The Morgan fingerprint density at radius 2 is 2.08 bits per heavy atom. The molecule has 0 aromatic carbocycles. The van der Waals surface area contributed by atoms with Crippen LogP contribution in [0.25, 0.3) is 0 Å². The minimum absolute atomic E-state index is 0.00106. The maximum Gasteiger partial charge on any atom is 0.317 e. The average Bonchev–Trinajstić information content (AvgIpc) is 3.14. The molecule has 24 heavy (non-hydrogen) atoms. The molecule has 1 aliphatic rings. The van der Waals surface area contributed by atoms with Gasteiger partial charge in [-0.2, -0.15) is 11.3 Å². The van der Waals surface area contributed by atoms with Crippen molar-refractivity contribution in [1.82, 2.24) is 20.1 Å². The summed E-state index contributed by atoms with van der Waals surface area (Å²) < 4.78 is 0. The van der Waals surface area contributed by atoms with Gasteiger partial charge in [-0.3, -0.25) is 9.88 Å². The van der Waals surface area contributed by atoms with Gasteiger partial charge in [0.15, 0.2) is 0 Å². The molecule has 2 amide bonds. The number of aryl methyl sites for hydroxylation is 1. The van der Waals surface area contributed by atoms with Crippen molar-refractivity contribution < 1.29 is 4.79 Å². The lowest BCUT2D eigenvalue weighted by atomic mass is 10.1. The van der Waals surface area contributed by atoms with Crippen LogP contribution in [0.2, 0.25) is 0 Å². The first-order valence-corrected chi connectivity index (χ1v) is 9.29. The minimum Gasteiger partial charge on any atom is -0.332 e. The molecule has 0 saturated carbocycles. The molecule has 3 rings (SSSR count). The van der Waals surface area contributed by atoms with Crippen molar-refractivity contribution in [3.8, 4) is 0 Å². The molecule has 0 radical (unpaired) electrons. The number of amides is 2. The molecule has 1 atom stereocenters. The molecule has 1 N–H and O–H groups in total. The smallest absolute Gasteiger partial charge is 0.317 e. The summed E-state index contributed by atoms with van der Waals surface area (Å²) in [5.41, 5.74) is 3.23. The minimum atomic E-state index is 0.00106. The predicted octanol–water partition coefficient (Wildman–Crippen LogP) is 3.04.